The van der Waals surface area contributed by atoms with Gasteiger partial charge in [-0.2, -0.15) is 0 Å². The zero-order valence-corrected chi connectivity index (χ0v) is 11.4. The van der Waals surface area contributed by atoms with Crippen molar-refractivity contribution in [2.24, 2.45) is 0 Å². The van der Waals surface area contributed by atoms with Crippen LogP contribution in [-0.4, -0.2) is 17.4 Å². The van der Waals surface area contributed by atoms with Crippen LogP contribution in [0.3, 0.4) is 0 Å². The summed E-state index contributed by atoms with van der Waals surface area (Å²) in [7, 11) is 0. The van der Waals surface area contributed by atoms with E-state index >= 15 is 0 Å². The molecule has 18 heavy (non-hydrogen) atoms. The third-order valence-electron chi connectivity index (χ3n) is 2.89. The van der Waals surface area contributed by atoms with Gasteiger partial charge in [-0.25, -0.2) is 4.98 Å². The van der Waals surface area contributed by atoms with E-state index < -0.39 is 0 Å². The summed E-state index contributed by atoms with van der Waals surface area (Å²) in [6.45, 7) is 0.606. The van der Waals surface area contributed by atoms with Gasteiger partial charge in [0.15, 0.2) is 0 Å². The monoisotopic (exact) mass is 284 g/mol. The summed E-state index contributed by atoms with van der Waals surface area (Å²) in [6, 6.07) is 3.13. The number of nitrogens with one attached hydrogen (secondary N) is 1. The largest absolute Gasteiger partial charge is 0.350 e. The fourth-order valence-corrected chi connectivity index (χ4v) is 2.30. The number of hydrogen-bond acceptors (Lipinski definition) is 2. The van der Waals surface area contributed by atoms with Gasteiger partial charge in [-0.3, -0.25) is 4.79 Å². The van der Waals surface area contributed by atoms with E-state index in [4.69, 9.17) is 23.2 Å². The van der Waals surface area contributed by atoms with Crippen molar-refractivity contribution in [3.8, 4) is 0 Å². The maximum atomic E-state index is 11.9. The Morgan fingerprint density at radius 1 is 1.39 bits per heavy atom. The Labute approximate surface area is 116 Å². The van der Waals surface area contributed by atoms with E-state index in [9.17, 15) is 4.79 Å². The standard InChI is InChI=1S/C13H14Cl2N2O/c14-10-5-6-11(15)17-12(10)13(18)16-8-7-9-3-1-2-4-9/h3,5-6H,1-2,4,7-8H2,(H,16,18). The lowest BCUT2D eigenvalue weighted by molar-refractivity contribution is 0.0949. The summed E-state index contributed by atoms with van der Waals surface area (Å²) in [6.07, 6.45) is 6.67. The van der Waals surface area contributed by atoms with Crippen molar-refractivity contribution >= 4 is 29.1 Å². The molecule has 0 aliphatic heterocycles. The normalized spacial score (nSPS) is 14.4. The molecule has 0 saturated carbocycles. The van der Waals surface area contributed by atoms with Gasteiger partial charge < -0.3 is 5.32 Å². The summed E-state index contributed by atoms with van der Waals surface area (Å²) in [5.74, 6) is -0.277. The summed E-state index contributed by atoms with van der Waals surface area (Å²) in [5, 5.41) is 3.39. The molecule has 0 radical (unpaired) electrons. The fourth-order valence-electron chi connectivity index (χ4n) is 1.96. The quantitative estimate of drug-likeness (QED) is 0.678. The Kier molecular flexibility index (Phi) is 4.61. The highest BCUT2D eigenvalue weighted by Crippen LogP contribution is 2.20. The molecule has 1 aromatic rings. The molecular weight excluding hydrogens is 271 g/mol. The first-order valence-corrected chi connectivity index (χ1v) is 6.70. The topological polar surface area (TPSA) is 42.0 Å². The van der Waals surface area contributed by atoms with Gasteiger partial charge in [0.1, 0.15) is 10.8 Å². The number of nitrogens with zero attached hydrogens (tertiary/aromatic N) is 1. The number of pyridine rings is 1. The zero-order valence-electron chi connectivity index (χ0n) is 9.88. The SMILES string of the molecule is O=C(NCCC1=CCCC1)c1nc(Cl)ccc1Cl. The number of carbonyl (C=O) groups is 1. The maximum Gasteiger partial charge on any atom is 0.271 e. The van der Waals surface area contributed by atoms with Gasteiger partial charge in [-0.05, 0) is 37.8 Å². The van der Waals surface area contributed by atoms with Gasteiger partial charge in [0.05, 0.1) is 5.02 Å². The second kappa shape index (κ2) is 6.21. The van der Waals surface area contributed by atoms with Crippen molar-refractivity contribution in [1.82, 2.24) is 10.3 Å². The van der Waals surface area contributed by atoms with Crippen LogP contribution in [0.15, 0.2) is 23.8 Å². The van der Waals surface area contributed by atoms with Crippen LogP contribution in [0.25, 0.3) is 0 Å². The Morgan fingerprint density at radius 2 is 2.22 bits per heavy atom. The van der Waals surface area contributed by atoms with Crippen LogP contribution < -0.4 is 5.32 Å². The van der Waals surface area contributed by atoms with Crippen LogP contribution in [0.5, 0.6) is 0 Å². The lowest BCUT2D eigenvalue weighted by atomic mass is 10.2. The molecule has 1 aliphatic carbocycles. The molecule has 0 spiro atoms. The average Bonchev–Trinajstić information content (AvgIpc) is 2.85. The van der Waals surface area contributed by atoms with Crippen molar-refractivity contribution in [3.63, 3.8) is 0 Å². The van der Waals surface area contributed by atoms with Crippen molar-refractivity contribution in [2.75, 3.05) is 6.54 Å². The number of halogens is 2. The van der Waals surface area contributed by atoms with E-state index in [0.717, 1.165) is 19.3 Å². The second-order valence-electron chi connectivity index (χ2n) is 4.22. The van der Waals surface area contributed by atoms with E-state index in [1.54, 1.807) is 12.1 Å². The minimum absolute atomic E-state index is 0.185. The predicted octanol–water partition coefficient (Wildman–Crippen LogP) is 3.62. The van der Waals surface area contributed by atoms with Crippen LogP contribution in [0.2, 0.25) is 10.2 Å². The van der Waals surface area contributed by atoms with Gasteiger partial charge in [0.2, 0.25) is 0 Å². The number of rotatable bonds is 4. The molecule has 5 heteroatoms. The molecular formula is C13H14Cl2N2O. The maximum absolute atomic E-state index is 11.9. The van der Waals surface area contributed by atoms with Crippen LogP contribution >= 0.6 is 23.2 Å². The summed E-state index contributed by atoms with van der Waals surface area (Å²) >= 11 is 11.6. The molecule has 1 aromatic heterocycles. The van der Waals surface area contributed by atoms with Gasteiger partial charge in [0, 0.05) is 6.54 Å². The highest BCUT2D eigenvalue weighted by molar-refractivity contribution is 6.34. The molecule has 96 valence electrons. The fraction of sp³-hybridized carbons (Fsp3) is 0.385. The molecule has 0 unspecified atom stereocenters. The van der Waals surface area contributed by atoms with Crippen LogP contribution in [0.4, 0.5) is 0 Å². The van der Waals surface area contributed by atoms with E-state index in [-0.39, 0.29) is 16.8 Å². The smallest absolute Gasteiger partial charge is 0.271 e. The number of carbonyl (C=O) groups excluding carboxylic acids is 1. The molecule has 2 rings (SSSR count). The lowest BCUT2D eigenvalue weighted by Gasteiger charge is -2.06. The summed E-state index contributed by atoms with van der Waals surface area (Å²) in [4.78, 5) is 15.8. The highest BCUT2D eigenvalue weighted by Gasteiger charge is 2.12. The molecule has 0 bridgehead atoms. The van der Waals surface area contributed by atoms with Gasteiger partial charge >= 0.3 is 0 Å². The average molecular weight is 285 g/mol. The van der Waals surface area contributed by atoms with E-state index in [1.165, 1.54) is 12.0 Å². The van der Waals surface area contributed by atoms with E-state index in [2.05, 4.69) is 16.4 Å². The Morgan fingerprint density at radius 3 is 2.94 bits per heavy atom. The van der Waals surface area contributed by atoms with Crippen molar-refractivity contribution in [2.45, 2.75) is 25.7 Å². The number of aromatic nitrogens is 1. The first kappa shape index (κ1) is 13.4. The first-order valence-electron chi connectivity index (χ1n) is 5.95. The first-order chi connectivity index (χ1) is 8.66. The molecule has 1 heterocycles. The summed E-state index contributed by atoms with van der Waals surface area (Å²) in [5.41, 5.74) is 1.60. The van der Waals surface area contributed by atoms with Gasteiger partial charge in [0.25, 0.3) is 5.91 Å². The molecule has 0 fully saturated rings. The van der Waals surface area contributed by atoms with Crippen molar-refractivity contribution in [3.05, 3.63) is 39.7 Å². The van der Waals surface area contributed by atoms with Crippen molar-refractivity contribution < 1.29 is 4.79 Å². The molecule has 0 saturated heterocycles. The molecule has 0 aromatic carbocycles. The number of allylic oxidation sites excluding steroid dienone is 1. The summed E-state index contributed by atoms with van der Waals surface area (Å²) < 4.78 is 0. The Hall–Kier alpha value is -1.06. The molecule has 1 amide bonds. The van der Waals surface area contributed by atoms with E-state index in [1.807, 2.05) is 0 Å². The highest BCUT2D eigenvalue weighted by atomic mass is 35.5. The second-order valence-corrected chi connectivity index (χ2v) is 5.02. The molecule has 1 N–H and O–H groups in total. The van der Waals surface area contributed by atoms with Crippen LogP contribution in [0, 0.1) is 0 Å². The van der Waals surface area contributed by atoms with Gasteiger partial charge in [-0.1, -0.05) is 34.9 Å². The number of hydrogen-bond donors (Lipinski definition) is 1. The Balaban J connectivity index is 1.89. The number of amides is 1. The zero-order chi connectivity index (χ0) is 13.0. The third-order valence-corrected chi connectivity index (χ3v) is 3.41. The molecule has 0 atom stereocenters. The minimum atomic E-state index is -0.277. The van der Waals surface area contributed by atoms with Crippen molar-refractivity contribution in [1.29, 1.82) is 0 Å². The molecule has 1 aliphatic rings. The van der Waals surface area contributed by atoms with Gasteiger partial charge in [-0.15, -0.1) is 0 Å². The molecule has 3 nitrogen and oxygen atoms in total. The van der Waals surface area contributed by atoms with Crippen LogP contribution in [0.1, 0.15) is 36.2 Å². The Bertz CT molecular complexity index is 486. The lowest BCUT2D eigenvalue weighted by Crippen LogP contribution is -2.26. The van der Waals surface area contributed by atoms with Crippen LogP contribution in [-0.2, 0) is 0 Å². The van der Waals surface area contributed by atoms with E-state index in [0.29, 0.717) is 11.6 Å². The third kappa shape index (κ3) is 3.47. The predicted molar refractivity (Wildman–Crippen MR) is 73.1 cm³/mol. The minimum Gasteiger partial charge on any atom is -0.350 e.